The fourth-order valence-electron chi connectivity index (χ4n) is 1.98. The molecule has 0 radical (unpaired) electrons. The Morgan fingerprint density at radius 1 is 1.06 bits per heavy atom. The first-order chi connectivity index (χ1) is 8.63. The molecule has 0 aliphatic rings. The summed E-state index contributed by atoms with van der Waals surface area (Å²) in [7, 11) is 4.16. The highest BCUT2D eigenvalue weighted by Gasteiger charge is 2.12. The molecule has 1 N–H and O–H groups in total. The molecule has 3 heteroatoms. The third-order valence-corrected chi connectivity index (χ3v) is 3.02. The summed E-state index contributed by atoms with van der Waals surface area (Å²) in [5.74, 6) is 0. The Hall–Kier alpha value is -0.900. The second-order valence-electron chi connectivity index (χ2n) is 5.03. The normalized spacial score (nSPS) is 13.2. The minimum atomic E-state index is -0.389. The lowest BCUT2D eigenvalue weighted by atomic mass is 10.1. The summed E-state index contributed by atoms with van der Waals surface area (Å²) in [6.07, 6.45) is 0.731. The van der Waals surface area contributed by atoms with Gasteiger partial charge in [0, 0.05) is 19.6 Å². The number of nitrogens with zero attached hydrogens (tertiary/aromatic N) is 2. The first-order valence-corrected chi connectivity index (χ1v) is 6.73. The van der Waals surface area contributed by atoms with E-state index in [0.717, 1.165) is 31.6 Å². The van der Waals surface area contributed by atoms with E-state index in [-0.39, 0.29) is 6.10 Å². The first kappa shape index (κ1) is 15.2. The Morgan fingerprint density at radius 3 is 2.28 bits per heavy atom. The average molecular weight is 250 g/mol. The highest BCUT2D eigenvalue weighted by atomic mass is 16.3. The predicted molar refractivity (Wildman–Crippen MR) is 76.7 cm³/mol. The van der Waals surface area contributed by atoms with E-state index in [4.69, 9.17) is 0 Å². The van der Waals surface area contributed by atoms with Crippen LogP contribution in [0.15, 0.2) is 30.3 Å². The summed E-state index contributed by atoms with van der Waals surface area (Å²) in [6, 6.07) is 9.90. The zero-order valence-electron chi connectivity index (χ0n) is 11.8. The maximum atomic E-state index is 10.2. The lowest BCUT2D eigenvalue weighted by Crippen LogP contribution is -2.35. The van der Waals surface area contributed by atoms with E-state index in [1.54, 1.807) is 0 Å². The van der Waals surface area contributed by atoms with E-state index in [9.17, 15) is 5.11 Å². The molecule has 0 bridgehead atoms. The molecule has 1 aromatic carbocycles. The van der Waals surface area contributed by atoms with E-state index < -0.39 is 0 Å². The summed E-state index contributed by atoms with van der Waals surface area (Å²) in [6.45, 7) is 5.97. The third kappa shape index (κ3) is 5.63. The van der Waals surface area contributed by atoms with E-state index in [2.05, 4.69) is 30.8 Å². The predicted octanol–water partition coefficient (Wildman–Crippen LogP) is 1.99. The maximum absolute atomic E-state index is 10.2. The number of aliphatic hydroxyl groups excluding tert-OH is 1. The minimum absolute atomic E-state index is 0.389. The highest BCUT2D eigenvalue weighted by Crippen LogP contribution is 2.13. The van der Waals surface area contributed by atoms with Gasteiger partial charge in [-0.25, -0.2) is 0 Å². The van der Waals surface area contributed by atoms with Gasteiger partial charge in [-0.05, 0) is 32.6 Å². The molecule has 1 atom stereocenters. The summed E-state index contributed by atoms with van der Waals surface area (Å²) in [5, 5.41) is 10.2. The van der Waals surface area contributed by atoms with Gasteiger partial charge in [-0.15, -0.1) is 0 Å². The van der Waals surface area contributed by atoms with Crippen molar-refractivity contribution in [3.63, 3.8) is 0 Å². The van der Waals surface area contributed by atoms with Gasteiger partial charge in [-0.1, -0.05) is 37.3 Å². The van der Waals surface area contributed by atoms with Gasteiger partial charge in [0.15, 0.2) is 0 Å². The van der Waals surface area contributed by atoms with Crippen molar-refractivity contribution in [2.75, 3.05) is 40.3 Å². The average Bonchev–Trinajstić information content (AvgIpc) is 2.37. The van der Waals surface area contributed by atoms with Crippen molar-refractivity contribution < 1.29 is 5.11 Å². The van der Waals surface area contributed by atoms with Crippen molar-refractivity contribution in [3.8, 4) is 0 Å². The fourth-order valence-corrected chi connectivity index (χ4v) is 1.98. The Balaban J connectivity index is 2.49. The molecule has 0 aliphatic heterocycles. The molecule has 0 heterocycles. The number of rotatable bonds is 8. The van der Waals surface area contributed by atoms with Crippen LogP contribution in [0, 0.1) is 0 Å². The first-order valence-electron chi connectivity index (χ1n) is 6.73. The van der Waals surface area contributed by atoms with Crippen LogP contribution in [0.25, 0.3) is 0 Å². The Morgan fingerprint density at radius 2 is 1.72 bits per heavy atom. The highest BCUT2D eigenvalue weighted by molar-refractivity contribution is 5.17. The minimum Gasteiger partial charge on any atom is -0.387 e. The molecule has 0 spiro atoms. The van der Waals surface area contributed by atoms with Crippen LogP contribution in [0.4, 0.5) is 0 Å². The molecule has 1 rings (SSSR count). The number of likely N-dealkylation sites (N-methyl/N-ethyl adjacent to an activating group) is 1. The molecule has 1 unspecified atom stereocenters. The van der Waals surface area contributed by atoms with Crippen molar-refractivity contribution in [1.82, 2.24) is 9.80 Å². The molecule has 3 nitrogen and oxygen atoms in total. The Bertz CT molecular complexity index is 314. The van der Waals surface area contributed by atoms with E-state index >= 15 is 0 Å². The van der Waals surface area contributed by atoms with Crippen molar-refractivity contribution in [2.24, 2.45) is 0 Å². The van der Waals surface area contributed by atoms with Crippen LogP contribution in [0.2, 0.25) is 0 Å². The van der Waals surface area contributed by atoms with Crippen LogP contribution in [0.5, 0.6) is 0 Å². The van der Waals surface area contributed by atoms with Gasteiger partial charge in [0.05, 0.1) is 6.10 Å². The topological polar surface area (TPSA) is 26.7 Å². The summed E-state index contributed by atoms with van der Waals surface area (Å²) in [5.41, 5.74) is 1.00. The standard InChI is InChI=1S/C15H26N2O/c1-4-10-17(12-11-16(2)3)13-15(18)14-8-6-5-7-9-14/h5-9,15,18H,4,10-13H2,1-3H3. The second kappa shape index (κ2) is 8.25. The fraction of sp³-hybridized carbons (Fsp3) is 0.600. The number of aliphatic hydroxyl groups is 1. The number of hydrogen-bond acceptors (Lipinski definition) is 3. The van der Waals surface area contributed by atoms with E-state index in [1.807, 2.05) is 30.3 Å². The van der Waals surface area contributed by atoms with Gasteiger partial charge in [-0.2, -0.15) is 0 Å². The molecule has 102 valence electrons. The molecule has 0 saturated heterocycles. The third-order valence-electron chi connectivity index (χ3n) is 3.02. The van der Waals surface area contributed by atoms with Gasteiger partial charge in [0.2, 0.25) is 0 Å². The SMILES string of the molecule is CCCN(CCN(C)C)CC(O)c1ccccc1. The van der Waals surface area contributed by atoms with Crippen LogP contribution < -0.4 is 0 Å². The molecule has 0 fully saturated rings. The molecule has 0 aromatic heterocycles. The number of benzene rings is 1. The van der Waals surface area contributed by atoms with Gasteiger partial charge in [-0.3, -0.25) is 4.90 Å². The number of hydrogen-bond donors (Lipinski definition) is 1. The van der Waals surface area contributed by atoms with Crippen molar-refractivity contribution in [1.29, 1.82) is 0 Å². The van der Waals surface area contributed by atoms with Crippen molar-refractivity contribution in [3.05, 3.63) is 35.9 Å². The lowest BCUT2D eigenvalue weighted by molar-refractivity contribution is 0.108. The second-order valence-corrected chi connectivity index (χ2v) is 5.03. The van der Waals surface area contributed by atoms with Gasteiger partial charge in [0.25, 0.3) is 0 Å². The summed E-state index contributed by atoms with van der Waals surface area (Å²) < 4.78 is 0. The Labute approximate surface area is 111 Å². The zero-order chi connectivity index (χ0) is 13.4. The van der Waals surface area contributed by atoms with E-state index in [0.29, 0.717) is 6.54 Å². The largest absolute Gasteiger partial charge is 0.387 e. The summed E-state index contributed by atoms with van der Waals surface area (Å²) in [4.78, 5) is 4.51. The van der Waals surface area contributed by atoms with Crippen molar-refractivity contribution >= 4 is 0 Å². The zero-order valence-corrected chi connectivity index (χ0v) is 11.8. The lowest BCUT2D eigenvalue weighted by Gasteiger charge is -2.26. The van der Waals surface area contributed by atoms with Gasteiger partial charge >= 0.3 is 0 Å². The van der Waals surface area contributed by atoms with Crippen molar-refractivity contribution in [2.45, 2.75) is 19.4 Å². The smallest absolute Gasteiger partial charge is 0.0916 e. The molecule has 0 amide bonds. The van der Waals surface area contributed by atoms with E-state index in [1.165, 1.54) is 0 Å². The Kier molecular flexibility index (Phi) is 6.94. The van der Waals surface area contributed by atoms with Crippen LogP contribution in [0.1, 0.15) is 25.0 Å². The van der Waals surface area contributed by atoms with Gasteiger partial charge in [0.1, 0.15) is 0 Å². The van der Waals surface area contributed by atoms with Crippen LogP contribution in [0.3, 0.4) is 0 Å². The monoisotopic (exact) mass is 250 g/mol. The van der Waals surface area contributed by atoms with Crippen LogP contribution >= 0.6 is 0 Å². The quantitative estimate of drug-likeness (QED) is 0.764. The molecule has 0 aliphatic carbocycles. The van der Waals surface area contributed by atoms with Gasteiger partial charge < -0.3 is 10.0 Å². The molecule has 0 saturated carbocycles. The van der Waals surface area contributed by atoms with Crippen LogP contribution in [-0.2, 0) is 0 Å². The molecule has 1 aromatic rings. The summed E-state index contributed by atoms with van der Waals surface area (Å²) >= 11 is 0. The van der Waals surface area contributed by atoms with Crippen LogP contribution in [-0.4, -0.2) is 55.2 Å². The molecular weight excluding hydrogens is 224 g/mol. The maximum Gasteiger partial charge on any atom is 0.0916 e. The molecular formula is C15H26N2O. The molecule has 18 heavy (non-hydrogen) atoms.